The number of para-hydroxylation sites is 1. The lowest BCUT2D eigenvalue weighted by molar-refractivity contribution is -0.142. The number of amides is 5. The number of H-pyrrole nitrogens is 1. The van der Waals surface area contributed by atoms with Crippen LogP contribution in [-0.4, -0.2) is 82.0 Å². The molecular weight excluding hydrogens is 718 g/mol. The standard InChI is InChI=1S/C41H57N7O8/c1-8-25(5)35(39(52)46-33(41(54)55)20-29-21-42-31-18-14-13-17-30(29)31)48-40(53)36(26(6)9-2)47-37(50)27(7)44-38(51)32(19-24(3)4)45-34(49)22-43-56-23-28-15-11-10-12-16-28/h10-18,21-22,24-27,32-33,35-36,42H,8-9,19-20,23H2,1-7H3,(H,44,51)(H,45,49)(H,46,52)(H,47,50)(H,48,53)(H,54,55)/b43-22+/t25-,26-,27-,32-,33-,35-,36-/m0/s1. The first-order valence-corrected chi connectivity index (χ1v) is 19.1. The van der Waals surface area contributed by atoms with Crippen molar-refractivity contribution in [2.75, 3.05) is 0 Å². The molecule has 0 radical (unpaired) electrons. The lowest BCUT2D eigenvalue weighted by Gasteiger charge is -2.30. The van der Waals surface area contributed by atoms with Crippen LogP contribution >= 0.6 is 0 Å². The molecule has 2 aromatic carbocycles. The summed E-state index contributed by atoms with van der Waals surface area (Å²) in [7, 11) is 0. The van der Waals surface area contributed by atoms with Gasteiger partial charge in [-0.15, -0.1) is 0 Å². The van der Waals surface area contributed by atoms with Gasteiger partial charge in [0.2, 0.25) is 23.6 Å². The van der Waals surface area contributed by atoms with Gasteiger partial charge in [-0.3, -0.25) is 24.0 Å². The maximum absolute atomic E-state index is 13.8. The lowest BCUT2D eigenvalue weighted by atomic mass is 9.94. The molecule has 0 aliphatic heterocycles. The van der Waals surface area contributed by atoms with Crippen LogP contribution in [0.2, 0.25) is 0 Å². The van der Waals surface area contributed by atoms with Gasteiger partial charge >= 0.3 is 5.97 Å². The number of benzene rings is 2. The smallest absolute Gasteiger partial charge is 0.326 e. The first-order chi connectivity index (χ1) is 26.6. The predicted molar refractivity (Wildman–Crippen MR) is 213 cm³/mol. The summed E-state index contributed by atoms with van der Waals surface area (Å²) in [5, 5.41) is 27.9. The van der Waals surface area contributed by atoms with Gasteiger partial charge in [0.1, 0.15) is 43.0 Å². The summed E-state index contributed by atoms with van der Waals surface area (Å²) in [5.74, 6) is -5.20. The van der Waals surface area contributed by atoms with Crippen molar-refractivity contribution in [2.45, 2.75) is 111 Å². The minimum Gasteiger partial charge on any atom is -0.480 e. The van der Waals surface area contributed by atoms with Crippen LogP contribution in [0.15, 0.2) is 65.9 Å². The zero-order valence-corrected chi connectivity index (χ0v) is 33.3. The third-order valence-electron chi connectivity index (χ3n) is 9.71. The Balaban J connectivity index is 1.66. The van der Waals surface area contributed by atoms with Crippen LogP contribution in [0, 0.1) is 17.8 Å². The summed E-state index contributed by atoms with van der Waals surface area (Å²) in [6.45, 7) is 12.6. The van der Waals surface area contributed by atoms with Crippen LogP contribution in [-0.2, 0) is 46.6 Å². The zero-order chi connectivity index (χ0) is 41.4. The van der Waals surface area contributed by atoms with Crippen molar-refractivity contribution in [3.63, 3.8) is 0 Å². The predicted octanol–water partition coefficient (Wildman–Crippen LogP) is 3.58. The number of carboxylic acid groups (broad SMARTS) is 1. The van der Waals surface area contributed by atoms with Crippen molar-refractivity contribution in [1.29, 1.82) is 0 Å². The summed E-state index contributed by atoms with van der Waals surface area (Å²) >= 11 is 0. The average molecular weight is 776 g/mol. The largest absolute Gasteiger partial charge is 0.480 e. The molecule has 0 aliphatic rings. The third-order valence-corrected chi connectivity index (χ3v) is 9.71. The van der Waals surface area contributed by atoms with Crippen molar-refractivity contribution >= 4 is 52.6 Å². The number of oxime groups is 1. The topological polar surface area (TPSA) is 220 Å². The van der Waals surface area contributed by atoms with E-state index in [0.717, 1.165) is 22.7 Å². The first-order valence-electron chi connectivity index (χ1n) is 19.1. The van der Waals surface area contributed by atoms with Gasteiger partial charge in [0.25, 0.3) is 5.91 Å². The fourth-order valence-corrected chi connectivity index (χ4v) is 5.97. The molecule has 0 spiro atoms. The van der Waals surface area contributed by atoms with Gasteiger partial charge in [-0.25, -0.2) is 4.79 Å². The second kappa shape index (κ2) is 22.0. The van der Waals surface area contributed by atoms with Crippen LogP contribution in [0.25, 0.3) is 10.9 Å². The zero-order valence-electron chi connectivity index (χ0n) is 33.3. The van der Waals surface area contributed by atoms with Crippen molar-refractivity contribution in [3.05, 3.63) is 71.9 Å². The van der Waals surface area contributed by atoms with Crippen molar-refractivity contribution in [2.24, 2.45) is 22.9 Å². The molecule has 0 saturated carbocycles. The van der Waals surface area contributed by atoms with E-state index in [4.69, 9.17) is 4.84 Å². The Morgan fingerprint density at radius 2 is 1.32 bits per heavy atom. The molecule has 15 heteroatoms. The van der Waals surface area contributed by atoms with Gasteiger partial charge in [-0.2, -0.15) is 0 Å². The quantitative estimate of drug-likeness (QED) is 0.0590. The molecule has 5 amide bonds. The molecule has 7 N–H and O–H groups in total. The number of aromatic nitrogens is 1. The molecule has 15 nitrogen and oxygen atoms in total. The van der Waals surface area contributed by atoms with Crippen molar-refractivity contribution < 1.29 is 38.7 Å². The van der Waals surface area contributed by atoms with Crippen molar-refractivity contribution in [3.8, 4) is 0 Å². The number of rotatable bonds is 22. The Hall–Kier alpha value is -5.73. The van der Waals surface area contributed by atoms with Crippen LogP contribution < -0.4 is 26.6 Å². The van der Waals surface area contributed by atoms with Crippen LogP contribution in [0.4, 0.5) is 0 Å². The molecule has 0 bridgehead atoms. The highest BCUT2D eigenvalue weighted by atomic mass is 16.6. The van der Waals surface area contributed by atoms with Gasteiger partial charge in [0, 0.05) is 23.5 Å². The number of aromatic amines is 1. The normalized spacial score (nSPS) is 15.1. The number of fused-ring (bicyclic) bond motifs is 1. The molecule has 0 unspecified atom stereocenters. The average Bonchev–Trinajstić information content (AvgIpc) is 3.58. The maximum Gasteiger partial charge on any atom is 0.326 e. The molecule has 56 heavy (non-hydrogen) atoms. The Morgan fingerprint density at radius 1 is 0.732 bits per heavy atom. The Morgan fingerprint density at radius 3 is 1.93 bits per heavy atom. The Labute approximate surface area is 328 Å². The maximum atomic E-state index is 13.8. The van der Waals surface area contributed by atoms with Gasteiger partial charge in [-0.1, -0.05) is 108 Å². The first kappa shape index (κ1) is 44.7. The molecule has 1 aromatic heterocycles. The van der Waals surface area contributed by atoms with Gasteiger partial charge in [0.15, 0.2) is 0 Å². The molecule has 3 aromatic rings. The lowest BCUT2D eigenvalue weighted by Crippen LogP contribution is -2.60. The molecule has 3 rings (SSSR count). The molecule has 0 fully saturated rings. The number of nitrogens with one attached hydrogen (secondary N) is 6. The highest BCUT2D eigenvalue weighted by molar-refractivity contribution is 6.26. The molecule has 304 valence electrons. The van der Waals surface area contributed by atoms with E-state index in [1.54, 1.807) is 20.0 Å². The van der Waals surface area contributed by atoms with Crippen molar-refractivity contribution in [1.82, 2.24) is 31.6 Å². The Bertz CT molecular complexity index is 1810. The van der Waals surface area contributed by atoms with E-state index in [1.165, 1.54) is 6.92 Å². The van der Waals surface area contributed by atoms with Gasteiger partial charge in [0.05, 0.1) is 0 Å². The van der Waals surface area contributed by atoms with E-state index in [0.29, 0.717) is 18.4 Å². The number of aliphatic carboxylic acids is 1. The fraction of sp³-hybridized carbons (Fsp3) is 0.488. The monoisotopic (exact) mass is 775 g/mol. The Kier molecular flexibility index (Phi) is 17.5. The number of nitrogens with zero attached hydrogens (tertiary/aromatic N) is 1. The van der Waals surface area contributed by atoms with Gasteiger partial charge in [-0.05, 0) is 48.3 Å². The highest BCUT2D eigenvalue weighted by Gasteiger charge is 2.35. The van der Waals surface area contributed by atoms with E-state index in [1.807, 2.05) is 82.3 Å². The second-order valence-corrected chi connectivity index (χ2v) is 14.6. The molecule has 1 heterocycles. The molecule has 0 saturated heterocycles. The summed E-state index contributed by atoms with van der Waals surface area (Å²) in [6.07, 6.45) is 3.91. The summed E-state index contributed by atoms with van der Waals surface area (Å²) < 4.78 is 0. The molecular formula is C41H57N7O8. The fourth-order valence-electron chi connectivity index (χ4n) is 5.97. The van der Waals surface area contributed by atoms with E-state index < -0.39 is 65.7 Å². The molecule has 0 aliphatic carbocycles. The minimum absolute atomic E-state index is 0.00916. The van der Waals surface area contributed by atoms with Crippen LogP contribution in [0.3, 0.4) is 0 Å². The second-order valence-electron chi connectivity index (χ2n) is 14.6. The third kappa shape index (κ3) is 13.5. The SMILES string of the molecule is CC[C@H](C)[C@H](NC(=O)[C@H](C)NC(=O)[C@H](CC(C)C)NC(=O)/C=N/OCc1ccccc1)C(=O)N[C@H](C(=O)N[C@@H](Cc1c[nH]c2ccccc12)C(=O)O)[C@@H](C)CC. The van der Waals surface area contributed by atoms with E-state index >= 15 is 0 Å². The molecule has 7 atom stereocenters. The minimum atomic E-state index is -1.27. The number of carbonyl (C=O) groups is 6. The number of hydrogen-bond acceptors (Lipinski definition) is 8. The number of carbonyl (C=O) groups excluding carboxylic acids is 5. The summed E-state index contributed by atoms with van der Waals surface area (Å²) in [4.78, 5) is 87.5. The van der Waals surface area contributed by atoms with Crippen LogP contribution in [0.5, 0.6) is 0 Å². The van der Waals surface area contributed by atoms with Gasteiger partial charge < -0.3 is 41.5 Å². The summed E-state index contributed by atoms with van der Waals surface area (Å²) in [5.41, 5.74) is 2.42. The van der Waals surface area contributed by atoms with E-state index in [9.17, 15) is 33.9 Å². The van der Waals surface area contributed by atoms with E-state index in [2.05, 4.69) is 36.7 Å². The summed E-state index contributed by atoms with van der Waals surface area (Å²) in [6, 6.07) is 11.1. The number of carboxylic acids is 1. The highest BCUT2D eigenvalue weighted by Crippen LogP contribution is 2.20. The number of hydrogen-bond donors (Lipinski definition) is 7. The van der Waals surface area contributed by atoms with E-state index in [-0.39, 0.29) is 37.2 Å². The van der Waals surface area contributed by atoms with Crippen LogP contribution in [0.1, 0.15) is 78.9 Å².